The van der Waals surface area contributed by atoms with Gasteiger partial charge in [0.2, 0.25) is 11.9 Å². The first kappa shape index (κ1) is 14.6. The zero-order valence-electron chi connectivity index (χ0n) is 11.3. The van der Waals surface area contributed by atoms with Crippen molar-refractivity contribution in [1.29, 1.82) is 0 Å². The van der Waals surface area contributed by atoms with E-state index in [-0.39, 0.29) is 18.4 Å². The van der Waals surface area contributed by atoms with Crippen LogP contribution in [0.15, 0.2) is 12.4 Å². The number of nitrogens with two attached hydrogens (primary N) is 2. The van der Waals surface area contributed by atoms with E-state index in [1.807, 2.05) is 4.90 Å². The summed E-state index contributed by atoms with van der Waals surface area (Å²) in [5.74, 6) is -0.130. The van der Waals surface area contributed by atoms with E-state index in [4.69, 9.17) is 11.5 Å². The van der Waals surface area contributed by atoms with Gasteiger partial charge in [-0.05, 0) is 0 Å². The largest absolute Gasteiger partial charge is 0.390 e. The highest BCUT2D eigenvalue weighted by Crippen LogP contribution is 2.08. The van der Waals surface area contributed by atoms with Crippen LogP contribution in [0.3, 0.4) is 0 Å². The molecule has 20 heavy (non-hydrogen) atoms. The lowest BCUT2D eigenvalue weighted by molar-refractivity contribution is -0.119. The molecule has 110 valence electrons. The monoisotopic (exact) mass is 280 g/mol. The summed E-state index contributed by atoms with van der Waals surface area (Å²) in [6.07, 6.45) is 2.85. The molecule has 1 aromatic heterocycles. The van der Waals surface area contributed by atoms with Gasteiger partial charge in [-0.25, -0.2) is 9.97 Å². The summed E-state index contributed by atoms with van der Waals surface area (Å²) in [5, 5.41) is 9.98. The number of aliphatic hydroxyl groups excluding tert-OH is 1. The second-order valence-corrected chi connectivity index (χ2v) is 5.04. The van der Waals surface area contributed by atoms with E-state index >= 15 is 0 Å². The highest BCUT2D eigenvalue weighted by Gasteiger charge is 2.22. The van der Waals surface area contributed by atoms with Crippen LogP contribution >= 0.6 is 0 Å². The van der Waals surface area contributed by atoms with Gasteiger partial charge in [-0.3, -0.25) is 14.6 Å². The molecule has 1 fully saturated rings. The maximum atomic E-state index is 10.9. The number of amides is 1. The summed E-state index contributed by atoms with van der Waals surface area (Å²) < 4.78 is 0. The van der Waals surface area contributed by atoms with Crippen LogP contribution in [-0.2, 0) is 11.3 Å². The molecule has 2 heterocycles. The van der Waals surface area contributed by atoms with Crippen LogP contribution in [-0.4, -0.2) is 69.6 Å². The minimum atomic E-state index is -0.508. The van der Waals surface area contributed by atoms with Gasteiger partial charge in [-0.1, -0.05) is 0 Å². The van der Waals surface area contributed by atoms with E-state index in [9.17, 15) is 9.90 Å². The number of β-amino-alcohol motifs (C(OH)–C–C–N with tert-alkyl or cyclic N) is 1. The lowest BCUT2D eigenvalue weighted by atomic mass is 10.3. The average molecular weight is 280 g/mol. The van der Waals surface area contributed by atoms with Crippen molar-refractivity contribution < 1.29 is 9.90 Å². The maximum Gasteiger partial charge on any atom is 0.231 e. The fraction of sp³-hybridized carbons (Fsp3) is 0.583. The first-order valence-corrected chi connectivity index (χ1v) is 6.50. The molecular weight excluding hydrogens is 260 g/mol. The number of aromatic nitrogens is 2. The number of carbonyl (C=O) groups is 1. The Balaban J connectivity index is 1.93. The SMILES string of the molecule is NC(=O)CN1CCN(Cc2cnc(N)nc2)CC(O)C1. The number of aliphatic hydroxyl groups is 1. The van der Waals surface area contributed by atoms with E-state index in [1.54, 1.807) is 12.4 Å². The highest BCUT2D eigenvalue weighted by atomic mass is 16.3. The van der Waals surface area contributed by atoms with Gasteiger partial charge >= 0.3 is 0 Å². The van der Waals surface area contributed by atoms with E-state index < -0.39 is 6.10 Å². The van der Waals surface area contributed by atoms with Crippen molar-refractivity contribution in [2.45, 2.75) is 12.6 Å². The van der Waals surface area contributed by atoms with Crippen molar-refractivity contribution in [3.8, 4) is 0 Å². The Bertz CT molecular complexity index is 452. The van der Waals surface area contributed by atoms with Gasteiger partial charge in [-0.15, -0.1) is 0 Å². The van der Waals surface area contributed by atoms with Gasteiger partial charge in [0.1, 0.15) is 0 Å². The lowest BCUT2D eigenvalue weighted by Crippen LogP contribution is -2.38. The quantitative estimate of drug-likeness (QED) is 0.584. The molecule has 2 rings (SSSR count). The molecule has 0 aromatic carbocycles. The number of hydrogen-bond acceptors (Lipinski definition) is 7. The molecule has 1 aromatic rings. The molecule has 5 N–H and O–H groups in total. The summed E-state index contributed by atoms with van der Waals surface area (Å²) >= 11 is 0. The van der Waals surface area contributed by atoms with Crippen LogP contribution in [0.1, 0.15) is 5.56 Å². The van der Waals surface area contributed by atoms with Crippen molar-refractivity contribution in [2.24, 2.45) is 5.73 Å². The van der Waals surface area contributed by atoms with Gasteiger partial charge in [0.05, 0.1) is 12.6 Å². The van der Waals surface area contributed by atoms with Crippen molar-refractivity contribution >= 4 is 11.9 Å². The number of nitrogens with zero attached hydrogens (tertiary/aromatic N) is 4. The third-order valence-electron chi connectivity index (χ3n) is 3.18. The third-order valence-corrected chi connectivity index (χ3v) is 3.18. The highest BCUT2D eigenvalue weighted by molar-refractivity contribution is 5.75. The zero-order valence-corrected chi connectivity index (χ0v) is 11.3. The van der Waals surface area contributed by atoms with Crippen molar-refractivity contribution in [3.05, 3.63) is 18.0 Å². The number of nitrogen functional groups attached to an aromatic ring is 1. The molecule has 0 saturated carbocycles. The Kier molecular flexibility index (Phi) is 4.83. The maximum absolute atomic E-state index is 10.9. The van der Waals surface area contributed by atoms with Gasteiger partial charge in [0, 0.05) is 50.7 Å². The molecule has 1 unspecified atom stereocenters. The van der Waals surface area contributed by atoms with Crippen LogP contribution in [0, 0.1) is 0 Å². The van der Waals surface area contributed by atoms with Gasteiger partial charge < -0.3 is 16.6 Å². The second-order valence-electron chi connectivity index (χ2n) is 5.04. The van der Waals surface area contributed by atoms with Crippen molar-refractivity contribution in [2.75, 3.05) is 38.5 Å². The molecule has 1 saturated heterocycles. The summed E-state index contributed by atoms with van der Waals surface area (Å²) in [6.45, 7) is 3.25. The molecule has 0 radical (unpaired) electrons. The average Bonchev–Trinajstić information content (AvgIpc) is 2.53. The summed E-state index contributed by atoms with van der Waals surface area (Å²) in [4.78, 5) is 22.8. The molecule has 1 amide bonds. The van der Waals surface area contributed by atoms with Crippen LogP contribution < -0.4 is 11.5 Å². The molecular formula is C12H20N6O2. The number of rotatable bonds is 4. The van der Waals surface area contributed by atoms with Crippen LogP contribution in [0.5, 0.6) is 0 Å². The fourth-order valence-electron chi connectivity index (χ4n) is 2.33. The Morgan fingerprint density at radius 3 is 2.55 bits per heavy atom. The first-order valence-electron chi connectivity index (χ1n) is 6.50. The summed E-state index contributed by atoms with van der Waals surface area (Å²) in [6, 6.07) is 0. The summed E-state index contributed by atoms with van der Waals surface area (Å²) in [5.41, 5.74) is 11.6. The molecule has 0 aliphatic carbocycles. The number of carbonyl (C=O) groups excluding carboxylic acids is 1. The Hall–Kier alpha value is -1.77. The molecule has 8 nitrogen and oxygen atoms in total. The van der Waals surface area contributed by atoms with Gasteiger partial charge in [0.25, 0.3) is 0 Å². The number of primary amides is 1. The van der Waals surface area contributed by atoms with Gasteiger partial charge in [0.15, 0.2) is 0 Å². The molecule has 0 bridgehead atoms. The van der Waals surface area contributed by atoms with E-state index in [1.165, 1.54) is 0 Å². The smallest absolute Gasteiger partial charge is 0.231 e. The second kappa shape index (κ2) is 6.60. The van der Waals surface area contributed by atoms with Crippen LogP contribution in [0.25, 0.3) is 0 Å². The van der Waals surface area contributed by atoms with Crippen LogP contribution in [0.2, 0.25) is 0 Å². The Labute approximate surface area is 117 Å². The zero-order chi connectivity index (χ0) is 14.5. The number of hydrogen-bond donors (Lipinski definition) is 3. The molecule has 0 spiro atoms. The third kappa shape index (κ3) is 4.41. The predicted molar refractivity (Wildman–Crippen MR) is 73.4 cm³/mol. The standard InChI is InChI=1S/C12H20N6O2/c13-11(20)8-18-2-1-17(6-10(19)7-18)5-9-3-15-12(14)16-4-9/h3-4,10,19H,1-2,5-8H2,(H2,13,20)(H2,14,15,16). The first-order chi connectivity index (χ1) is 9.52. The minimum absolute atomic E-state index is 0.176. The van der Waals surface area contributed by atoms with Crippen molar-refractivity contribution in [3.63, 3.8) is 0 Å². The Morgan fingerprint density at radius 1 is 1.30 bits per heavy atom. The van der Waals surface area contributed by atoms with Gasteiger partial charge in [-0.2, -0.15) is 0 Å². The molecule has 1 atom stereocenters. The normalized spacial score (nSPS) is 21.6. The Morgan fingerprint density at radius 2 is 1.90 bits per heavy atom. The summed E-state index contributed by atoms with van der Waals surface area (Å²) in [7, 11) is 0. The van der Waals surface area contributed by atoms with Crippen molar-refractivity contribution in [1.82, 2.24) is 19.8 Å². The topological polar surface area (TPSA) is 122 Å². The minimum Gasteiger partial charge on any atom is -0.390 e. The van der Waals surface area contributed by atoms with E-state index in [0.717, 1.165) is 12.1 Å². The number of anilines is 1. The lowest BCUT2D eigenvalue weighted by Gasteiger charge is -2.20. The molecule has 8 heteroatoms. The fourth-order valence-corrected chi connectivity index (χ4v) is 2.33. The molecule has 1 aliphatic rings. The van der Waals surface area contributed by atoms with Crippen LogP contribution in [0.4, 0.5) is 5.95 Å². The van der Waals surface area contributed by atoms with E-state index in [0.29, 0.717) is 26.2 Å². The molecule has 1 aliphatic heterocycles. The predicted octanol–water partition coefficient (Wildman–Crippen LogP) is -1.98. The van der Waals surface area contributed by atoms with E-state index in [2.05, 4.69) is 14.9 Å².